The quantitative estimate of drug-likeness (QED) is 0.696. The van der Waals surface area contributed by atoms with Crippen molar-refractivity contribution in [2.75, 3.05) is 19.3 Å². The Morgan fingerprint density at radius 3 is 3.06 bits per heavy atom. The van der Waals surface area contributed by atoms with Crippen molar-refractivity contribution >= 4 is 16.9 Å². The lowest BCUT2D eigenvalue weighted by atomic mass is 9.99. The highest BCUT2D eigenvalue weighted by molar-refractivity contribution is 5.89. The second-order valence-electron chi connectivity index (χ2n) is 4.21. The summed E-state index contributed by atoms with van der Waals surface area (Å²) >= 11 is 0. The number of hydrogen-bond acceptors (Lipinski definition) is 5. The lowest BCUT2D eigenvalue weighted by molar-refractivity contribution is 0.313. The average molecular weight is 215 g/mol. The highest BCUT2D eigenvalue weighted by atomic mass is 15.1. The van der Waals surface area contributed by atoms with Gasteiger partial charge in [-0.15, -0.1) is 0 Å². The van der Waals surface area contributed by atoms with Crippen LogP contribution in [0.1, 0.15) is 11.1 Å². The number of nitrogens with two attached hydrogens (primary N) is 1. The van der Waals surface area contributed by atoms with Gasteiger partial charge in [-0.25, -0.2) is 15.0 Å². The minimum atomic E-state index is 0.541. The zero-order valence-corrected chi connectivity index (χ0v) is 9.14. The molecule has 0 bridgehead atoms. The van der Waals surface area contributed by atoms with E-state index >= 15 is 0 Å². The Morgan fingerprint density at radius 1 is 1.31 bits per heavy atom. The van der Waals surface area contributed by atoms with Gasteiger partial charge in [0.2, 0.25) is 0 Å². The number of hydrogen-bond donors (Lipinski definition) is 1. The number of nitrogen functional groups attached to an aromatic ring is 1. The zero-order chi connectivity index (χ0) is 11.1. The first-order chi connectivity index (χ1) is 7.75. The summed E-state index contributed by atoms with van der Waals surface area (Å²) in [5, 5.41) is 0.938. The fraction of sp³-hybridized carbons (Fsp3) is 0.364. The zero-order valence-electron chi connectivity index (χ0n) is 9.14. The number of pyridine rings is 1. The van der Waals surface area contributed by atoms with Crippen LogP contribution in [0, 0.1) is 0 Å². The Morgan fingerprint density at radius 2 is 2.19 bits per heavy atom. The smallest absolute Gasteiger partial charge is 0.164 e. The molecule has 1 aliphatic rings. The van der Waals surface area contributed by atoms with Crippen LogP contribution in [0.5, 0.6) is 0 Å². The van der Waals surface area contributed by atoms with Crippen LogP contribution >= 0.6 is 0 Å². The molecule has 1 aliphatic heterocycles. The van der Waals surface area contributed by atoms with Gasteiger partial charge in [-0.1, -0.05) is 0 Å². The third-order valence-electron chi connectivity index (χ3n) is 3.07. The number of aromatic nitrogens is 3. The maximum atomic E-state index is 5.91. The maximum absolute atomic E-state index is 5.91. The highest BCUT2D eigenvalue weighted by Gasteiger charge is 2.18. The van der Waals surface area contributed by atoms with Gasteiger partial charge >= 0.3 is 0 Å². The lowest BCUT2D eigenvalue weighted by Gasteiger charge is -2.25. The van der Waals surface area contributed by atoms with Crippen molar-refractivity contribution in [3.8, 4) is 0 Å². The Hall–Kier alpha value is -1.75. The van der Waals surface area contributed by atoms with Crippen molar-refractivity contribution in [1.29, 1.82) is 0 Å². The van der Waals surface area contributed by atoms with E-state index < -0.39 is 0 Å². The van der Waals surface area contributed by atoms with E-state index in [1.807, 2.05) is 6.20 Å². The second kappa shape index (κ2) is 3.38. The Labute approximate surface area is 93.3 Å². The molecule has 3 heterocycles. The molecular weight excluding hydrogens is 202 g/mol. The van der Waals surface area contributed by atoms with Gasteiger partial charge in [-0.2, -0.15) is 0 Å². The normalized spacial score (nSPS) is 16.3. The van der Waals surface area contributed by atoms with Crippen LogP contribution in [0.15, 0.2) is 12.5 Å². The van der Waals surface area contributed by atoms with Gasteiger partial charge < -0.3 is 10.6 Å². The minimum Gasteiger partial charge on any atom is -0.383 e. The molecule has 2 N–H and O–H groups in total. The number of likely N-dealkylation sites (N-methyl/N-ethyl adjacent to an activating group) is 1. The SMILES string of the molecule is CN1CCc2c(cnc3ncnc(N)c23)C1. The molecule has 0 atom stereocenters. The fourth-order valence-electron chi connectivity index (χ4n) is 2.25. The second-order valence-corrected chi connectivity index (χ2v) is 4.21. The van der Waals surface area contributed by atoms with Gasteiger partial charge in [0.1, 0.15) is 12.1 Å². The van der Waals surface area contributed by atoms with E-state index in [-0.39, 0.29) is 0 Å². The Kier molecular flexibility index (Phi) is 2.00. The summed E-state index contributed by atoms with van der Waals surface area (Å²) in [6, 6.07) is 0. The minimum absolute atomic E-state index is 0.541. The first-order valence-corrected chi connectivity index (χ1v) is 5.31. The van der Waals surface area contributed by atoms with E-state index in [4.69, 9.17) is 5.73 Å². The van der Waals surface area contributed by atoms with Crippen molar-refractivity contribution in [3.63, 3.8) is 0 Å². The molecule has 2 aromatic rings. The van der Waals surface area contributed by atoms with Crippen LogP contribution in [0.25, 0.3) is 11.0 Å². The predicted molar refractivity (Wildman–Crippen MR) is 61.8 cm³/mol. The summed E-state index contributed by atoms with van der Waals surface area (Å²) in [6.07, 6.45) is 4.36. The number of rotatable bonds is 0. The van der Waals surface area contributed by atoms with E-state index in [2.05, 4.69) is 26.9 Å². The molecule has 16 heavy (non-hydrogen) atoms. The van der Waals surface area contributed by atoms with Gasteiger partial charge in [-0.3, -0.25) is 0 Å². The van der Waals surface area contributed by atoms with Crippen molar-refractivity contribution in [2.24, 2.45) is 0 Å². The van der Waals surface area contributed by atoms with E-state index in [0.717, 1.165) is 24.9 Å². The van der Waals surface area contributed by atoms with Crippen LogP contribution in [0.4, 0.5) is 5.82 Å². The van der Waals surface area contributed by atoms with Crippen LogP contribution < -0.4 is 5.73 Å². The molecular formula is C11H13N5. The standard InChI is InChI=1S/C11H13N5/c1-16-3-2-8-7(5-16)4-13-11-9(8)10(12)14-6-15-11/h4,6H,2-3,5H2,1H3,(H2,12,13,14,15). The first kappa shape index (κ1) is 9.47. The van der Waals surface area contributed by atoms with Gasteiger partial charge in [0.05, 0.1) is 5.39 Å². The molecule has 5 heteroatoms. The molecule has 0 aromatic carbocycles. The molecule has 2 aromatic heterocycles. The summed E-state index contributed by atoms with van der Waals surface area (Å²) in [5.41, 5.74) is 9.12. The summed E-state index contributed by atoms with van der Waals surface area (Å²) in [6.45, 7) is 1.97. The summed E-state index contributed by atoms with van der Waals surface area (Å²) in [4.78, 5) is 14.8. The van der Waals surface area contributed by atoms with E-state index in [1.165, 1.54) is 17.5 Å². The summed E-state index contributed by atoms with van der Waals surface area (Å²) in [5.74, 6) is 0.541. The number of fused-ring (bicyclic) bond motifs is 3. The molecule has 0 saturated carbocycles. The van der Waals surface area contributed by atoms with E-state index in [0.29, 0.717) is 11.5 Å². The largest absolute Gasteiger partial charge is 0.383 e. The summed E-state index contributed by atoms with van der Waals surface area (Å²) < 4.78 is 0. The number of nitrogens with zero attached hydrogens (tertiary/aromatic N) is 4. The third kappa shape index (κ3) is 1.32. The molecule has 0 aliphatic carbocycles. The molecule has 82 valence electrons. The first-order valence-electron chi connectivity index (χ1n) is 5.31. The van der Waals surface area contributed by atoms with Gasteiger partial charge in [0, 0.05) is 19.3 Å². The third-order valence-corrected chi connectivity index (χ3v) is 3.07. The summed E-state index contributed by atoms with van der Waals surface area (Å²) in [7, 11) is 2.11. The highest BCUT2D eigenvalue weighted by Crippen LogP contribution is 2.26. The van der Waals surface area contributed by atoms with Crippen molar-refractivity contribution in [3.05, 3.63) is 23.7 Å². The number of anilines is 1. The van der Waals surface area contributed by atoms with Crippen LogP contribution in [0.2, 0.25) is 0 Å². The average Bonchev–Trinajstić information content (AvgIpc) is 2.29. The van der Waals surface area contributed by atoms with Crippen molar-refractivity contribution in [1.82, 2.24) is 19.9 Å². The topological polar surface area (TPSA) is 67.9 Å². The molecule has 0 amide bonds. The van der Waals surface area contributed by atoms with Gasteiger partial charge in [0.25, 0.3) is 0 Å². The molecule has 0 spiro atoms. The molecule has 0 saturated heterocycles. The Balaban J connectivity index is 2.31. The van der Waals surface area contributed by atoms with Crippen molar-refractivity contribution < 1.29 is 0 Å². The van der Waals surface area contributed by atoms with Crippen LogP contribution in [0.3, 0.4) is 0 Å². The van der Waals surface area contributed by atoms with Gasteiger partial charge in [-0.05, 0) is 24.6 Å². The van der Waals surface area contributed by atoms with E-state index in [9.17, 15) is 0 Å². The molecule has 3 rings (SSSR count). The maximum Gasteiger partial charge on any atom is 0.164 e. The molecule has 0 unspecified atom stereocenters. The molecule has 0 radical (unpaired) electrons. The van der Waals surface area contributed by atoms with Crippen LogP contribution in [-0.2, 0) is 13.0 Å². The lowest BCUT2D eigenvalue weighted by Crippen LogP contribution is -2.27. The van der Waals surface area contributed by atoms with Crippen molar-refractivity contribution in [2.45, 2.75) is 13.0 Å². The van der Waals surface area contributed by atoms with Gasteiger partial charge in [0.15, 0.2) is 5.65 Å². The molecule has 5 nitrogen and oxygen atoms in total. The van der Waals surface area contributed by atoms with Crippen LogP contribution in [-0.4, -0.2) is 33.4 Å². The monoisotopic (exact) mass is 215 g/mol. The Bertz CT molecular complexity index is 551. The molecule has 0 fully saturated rings. The predicted octanol–water partition coefficient (Wildman–Crippen LogP) is 0.595. The van der Waals surface area contributed by atoms with E-state index in [1.54, 1.807) is 0 Å². The fourth-order valence-corrected chi connectivity index (χ4v) is 2.25.